The quantitative estimate of drug-likeness (QED) is 0.730. The molecule has 0 saturated carbocycles. The largest absolute Gasteiger partial charge is 0.476 e. The Labute approximate surface area is 94.0 Å². The van der Waals surface area contributed by atoms with Crippen LogP contribution in [-0.4, -0.2) is 37.1 Å². The Bertz CT molecular complexity index is 373. The molecule has 5 heteroatoms. The molecule has 0 bridgehead atoms. The topological polar surface area (TPSA) is 49.1 Å². The molecule has 0 spiro atoms. The van der Waals surface area contributed by atoms with Gasteiger partial charge in [0, 0.05) is 12.6 Å². The minimum Gasteiger partial charge on any atom is -0.476 e. The number of likely N-dealkylation sites (N-methyl/N-ethyl adjacent to an activating group) is 1. The minimum atomic E-state index is 0.272. The van der Waals surface area contributed by atoms with Crippen molar-refractivity contribution in [2.24, 2.45) is 0 Å². The van der Waals surface area contributed by atoms with E-state index in [0.29, 0.717) is 18.1 Å². The maximum absolute atomic E-state index is 8.70. The van der Waals surface area contributed by atoms with Crippen LogP contribution >= 0.6 is 11.6 Å². The third-order valence-electron chi connectivity index (χ3n) is 1.69. The van der Waals surface area contributed by atoms with Crippen molar-refractivity contribution in [2.45, 2.75) is 0 Å². The van der Waals surface area contributed by atoms with Crippen LogP contribution in [0.15, 0.2) is 12.1 Å². The van der Waals surface area contributed by atoms with Gasteiger partial charge in [0.15, 0.2) is 0 Å². The smallest absolute Gasteiger partial charge is 0.216 e. The Morgan fingerprint density at radius 2 is 2.27 bits per heavy atom. The summed E-state index contributed by atoms with van der Waals surface area (Å²) >= 11 is 5.72. The van der Waals surface area contributed by atoms with E-state index in [1.165, 1.54) is 6.07 Å². The van der Waals surface area contributed by atoms with Gasteiger partial charge in [0.25, 0.3) is 0 Å². The van der Waals surface area contributed by atoms with E-state index in [-0.39, 0.29) is 5.15 Å². The van der Waals surface area contributed by atoms with Crippen LogP contribution in [0.1, 0.15) is 5.56 Å². The fraction of sp³-hybridized carbons (Fsp3) is 0.400. The first kappa shape index (κ1) is 11.8. The zero-order valence-corrected chi connectivity index (χ0v) is 9.45. The van der Waals surface area contributed by atoms with E-state index in [1.54, 1.807) is 6.07 Å². The van der Waals surface area contributed by atoms with Crippen LogP contribution in [0, 0.1) is 11.3 Å². The summed E-state index contributed by atoms with van der Waals surface area (Å²) in [6.07, 6.45) is 0. The average Bonchev–Trinajstić information content (AvgIpc) is 2.16. The van der Waals surface area contributed by atoms with Gasteiger partial charge >= 0.3 is 0 Å². The summed E-state index contributed by atoms with van der Waals surface area (Å²) in [5, 5.41) is 8.97. The van der Waals surface area contributed by atoms with Gasteiger partial charge in [-0.25, -0.2) is 4.98 Å². The third kappa shape index (κ3) is 4.15. The fourth-order valence-corrected chi connectivity index (χ4v) is 1.14. The van der Waals surface area contributed by atoms with Gasteiger partial charge in [-0.2, -0.15) is 5.26 Å². The maximum atomic E-state index is 8.70. The number of aromatic nitrogens is 1. The van der Waals surface area contributed by atoms with Gasteiger partial charge in [-0.15, -0.1) is 0 Å². The van der Waals surface area contributed by atoms with Crippen LogP contribution in [0.25, 0.3) is 0 Å². The Morgan fingerprint density at radius 3 is 2.87 bits per heavy atom. The molecule has 0 aliphatic carbocycles. The van der Waals surface area contributed by atoms with Crippen LogP contribution in [0.2, 0.25) is 5.15 Å². The molecule has 0 aliphatic rings. The molecular weight excluding hydrogens is 214 g/mol. The SMILES string of the molecule is CN(C)CCOc1cc(C#N)cc(Cl)n1. The molecule has 4 nitrogen and oxygen atoms in total. The van der Waals surface area contributed by atoms with Gasteiger partial charge in [-0.3, -0.25) is 0 Å². The number of halogens is 1. The number of nitriles is 1. The van der Waals surface area contributed by atoms with Crippen molar-refractivity contribution in [3.63, 3.8) is 0 Å². The highest BCUT2D eigenvalue weighted by atomic mass is 35.5. The predicted molar refractivity (Wildman–Crippen MR) is 58.0 cm³/mol. The molecule has 0 fully saturated rings. The van der Waals surface area contributed by atoms with E-state index in [2.05, 4.69) is 4.98 Å². The zero-order chi connectivity index (χ0) is 11.3. The molecule has 0 radical (unpaired) electrons. The highest BCUT2D eigenvalue weighted by Crippen LogP contribution is 2.15. The first-order chi connectivity index (χ1) is 7.11. The molecule has 0 unspecified atom stereocenters. The van der Waals surface area contributed by atoms with Gasteiger partial charge in [-0.1, -0.05) is 11.6 Å². The highest BCUT2D eigenvalue weighted by molar-refractivity contribution is 6.29. The first-order valence-corrected chi connectivity index (χ1v) is 4.85. The third-order valence-corrected chi connectivity index (χ3v) is 1.88. The summed E-state index contributed by atoms with van der Waals surface area (Å²) in [4.78, 5) is 5.95. The lowest BCUT2D eigenvalue weighted by Crippen LogP contribution is -2.19. The number of hydrogen-bond acceptors (Lipinski definition) is 4. The Hall–Kier alpha value is -1.31. The van der Waals surface area contributed by atoms with Crippen molar-refractivity contribution in [2.75, 3.05) is 27.2 Å². The van der Waals surface area contributed by atoms with E-state index < -0.39 is 0 Å². The monoisotopic (exact) mass is 225 g/mol. The normalized spacial score (nSPS) is 10.1. The molecule has 0 aromatic carbocycles. The van der Waals surface area contributed by atoms with Gasteiger partial charge in [0.05, 0.1) is 11.6 Å². The molecule has 0 saturated heterocycles. The number of ether oxygens (including phenoxy) is 1. The Balaban J connectivity index is 2.61. The predicted octanol–water partition coefficient (Wildman–Crippen LogP) is 1.55. The lowest BCUT2D eigenvalue weighted by Gasteiger charge is -2.10. The van der Waals surface area contributed by atoms with E-state index in [4.69, 9.17) is 21.6 Å². The molecule has 80 valence electrons. The molecule has 0 aliphatic heterocycles. The molecular formula is C10H12ClN3O. The van der Waals surface area contributed by atoms with E-state index in [0.717, 1.165) is 6.54 Å². The fourth-order valence-electron chi connectivity index (χ4n) is 0.944. The molecule has 1 aromatic heterocycles. The molecule has 0 amide bonds. The number of hydrogen-bond donors (Lipinski definition) is 0. The zero-order valence-electron chi connectivity index (χ0n) is 8.70. The van der Waals surface area contributed by atoms with Crippen LogP contribution in [0.5, 0.6) is 5.88 Å². The minimum absolute atomic E-state index is 0.272. The average molecular weight is 226 g/mol. The van der Waals surface area contributed by atoms with Gasteiger partial charge in [0.2, 0.25) is 5.88 Å². The van der Waals surface area contributed by atoms with Crippen LogP contribution in [0.3, 0.4) is 0 Å². The second-order valence-electron chi connectivity index (χ2n) is 3.28. The standard InChI is InChI=1S/C10H12ClN3O/c1-14(2)3-4-15-10-6-8(7-12)5-9(11)13-10/h5-6H,3-4H2,1-2H3. The molecule has 1 aromatic rings. The lowest BCUT2D eigenvalue weighted by molar-refractivity contribution is 0.254. The summed E-state index contributed by atoms with van der Waals surface area (Å²) in [6, 6.07) is 5.06. The summed E-state index contributed by atoms with van der Waals surface area (Å²) in [7, 11) is 3.91. The highest BCUT2D eigenvalue weighted by Gasteiger charge is 2.01. The van der Waals surface area contributed by atoms with Gasteiger partial charge < -0.3 is 9.64 Å². The number of rotatable bonds is 4. The van der Waals surface area contributed by atoms with Crippen molar-refractivity contribution in [3.8, 4) is 11.9 Å². The van der Waals surface area contributed by atoms with Crippen molar-refractivity contribution in [3.05, 3.63) is 22.8 Å². The molecule has 1 rings (SSSR count). The van der Waals surface area contributed by atoms with E-state index in [9.17, 15) is 0 Å². The summed E-state index contributed by atoms with van der Waals surface area (Å²) in [5.74, 6) is 0.390. The van der Waals surface area contributed by atoms with Crippen LogP contribution in [0.4, 0.5) is 0 Å². The number of pyridine rings is 1. The lowest BCUT2D eigenvalue weighted by atomic mass is 10.3. The molecule has 0 atom stereocenters. The van der Waals surface area contributed by atoms with Crippen LogP contribution < -0.4 is 4.74 Å². The van der Waals surface area contributed by atoms with Gasteiger partial charge in [0.1, 0.15) is 11.8 Å². The Kier molecular flexibility index (Phi) is 4.35. The van der Waals surface area contributed by atoms with E-state index >= 15 is 0 Å². The summed E-state index contributed by atoms with van der Waals surface area (Å²) < 4.78 is 5.35. The van der Waals surface area contributed by atoms with Gasteiger partial charge in [-0.05, 0) is 20.2 Å². The number of nitrogens with zero attached hydrogens (tertiary/aromatic N) is 3. The maximum Gasteiger partial charge on any atom is 0.216 e. The van der Waals surface area contributed by atoms with Crippen molar-refractivity contribution < 1.29 is 4.74 Å². The second-order valence-corrected chi connectivity index (χ2v) is 3.67. The molecule has 1 heterocycles. The van der Waals surface area contributed by atoms with Crippen molar-refractivity contribution in [1.29, 1.82) is 5.26 Å². The summed E-state index contributed by atoms with van der Waals surface area (Å²) in [5.41, 5.74) is 0.454. The van der Waals surface area contributed by atoms with Crippen molar-refractivity contribution >= 4 is 11.6 Å². The Morgan fingerprint density at radius 1 is 1.53 bits per heavy atom. The van der Waals surface area contributed by atoms with Crippen LogP contribution in [-0.2, 0) is 0 Å². The molecule has 0 N–H and O–H groups in total. The second kappa shape index (κ2) is 5.54. The van der Waals surface area contributed by atoms with E-state index in [1.807, 2.05) is 25.1 Å². The summed E-state index contributed by atoms with van der Waals surface area (Å²) in [6.45, 7) is 1.31. The van der Waals surface area contributed by atoms with Crippen molar-refractivity contribution in [1.82, 2.24) is 9.88 Å². The first-order valence-electron chi connectivity index (χ1n) is 4.47. The molecule has 15 heavy (non-hydrogen) atoms.